The van der Waals surface area contributed by atoms with Crippen molar-refractivity contribution in [3.63, 3.8) is 0 Å². The maximum absolute atomic E-state index is 14.2. The summed E-state index contributed by atoms with van der Waals surface area (Å²) in [5, 5.41) is 0.980. The van der Waals surface area contributed by atoms with Crippen LogP contribution in [0.3, 0.4) is 0 Å². The molecule has 2 heterocycles. The third-order valence-electron chi connectivity index (χ3n) is 5.16. The fraction of sp³-hybridized carbons (Fsp3) is 0.350. The average molecular weight is 471 g/mol. The molecule has 1 fully saturated rings. The largest absolute Gasteiger partial charge is 0.493 e. The van der Waals surface area contributed by atoms with E-state index in [-0.39, 0.29) is 35.2 Å². The van der Waals surface area contributed by atoms with Crippen molar-refractivity contribution in [2.45, 2.75) is 17.8 Å². The normalized spacial score (nSPS) is 22.0. The van der Waals surface area contributed by atoms with Gasteiger partial charge in [-0.2, -0.15) is 0 Å². The number of hydrogen-bond donors (Lipinski definition) is 0. The predicted molar refractivity (Wildman–Crippen MR) is 118 cm³/mol. The van der Waals surface area contributed by atoms with Gasteiger partial charge in [-0.25, -0.2) is 12.8 Å². The van der Waals surface area contributed by atoms with Crippen LogP contribution in [0.5, 0.6) is 11.5 Å². The van der Waals surface area contributed by atoms with E-state index in [9.17, 15) is 12.8 Å². The molecule has 6 nitrogen and oxygen atoms in total. The summed E-state index contributed by atoms with van der Waals surface area (Å²) in [4.78, 5) is 6.56. The first-order chi connectivity index (χ1) is 14.3. The maximum Gasteiger partial charge on any atom is 0.164 e. The molecule has 0 amide bonds. The monoisotopic (exact) mass is 470 g/mol. The fourth-order valence-corrected chi connectivity index (χ4v) is 7.03. The van der Waals surface area contributed by atoms with E-state index < -0.39 is 9.84 Å². The lowest BCUT2D eigenvalue weighted by Crippen LogP contribution is -2.39. The number of nitrogens with zero attached hydrogens (tertiary/aromatic N) is 2. The van der Waals surface area contributed by atoms with Gasteiger partial charge in [0.1, 0.15) is 5.82 Å². The number of methoxy groups -OCH3 is 2. The van der Waals surface area contributed by atoms with Gasteiger partial charge >= 0.3 is 0 Å². The smallest absolute Gasteiger partial charge is 0.164 e. The molecule has 0 N–H and O–H groups in total. The lowest BCUT2D eigenvalue weighted by atomic mass is 10.1. The lowest BCUT2D eigenvalue weighted by molar-refractivity contribution is 0.355. The molecule has 2 aliphatic heterocycles. The number of hydrogen-bond acceptors (Lipinski definition) is 7. The molecule has 2 aromatic carbocycles. The van der Waals surface area contributed by atoms with E-state index in [1.807, 2.05) is 11.0 Å². The third-order valence-corrected chi connectivity index (χ3v) is 8.21. The maximum atomic E-state index is 14.2. The molecule has 1 saturated heterocycles. The van der Waals surface area contributed by atoms with E-state index in [1.165, 1.54) is 17.8 Å². The van der Waals surface area contributed by atoms with Gasteiger partial charge in [0.25, 0.3) is 0 Å². The van der Waals surface area contributed by atoms with Gasteiger partial charge in [0.15, 0.2) is 26.5 Å². The number of sulfone groups is 1. The van der Waals surface area contributed by atoms with Crippen LogP contribution < -0.4 is 14.4 Å². The molecular formula is C20H20ClFN2O4S2. The highest BCUT2D eigenvalue weighted by Crippen LogP contribution is 2.39. The summed E-state index contributed by atoms with van der Waals surface area (Å²) in [7, 11) is -0.0845. The highest BCUT2D eigenvalue weighted by atomic mass is 35.5. The Kier molecular flexibility index (Phi) is 5.87. The zero-order valence-electron chi connectivity index (χ0n) is 16.3. The summed E-state index contributed by atoms with van der Waals surface area (Å²) in [5.41, 5.74) is 1.13. The van der Waals surface area contributed by atoms with Crippen molar-refractivity contribution in [3.8, 4) is 11.5 Å². The number of thioether (sulfide) groups is 1. The molecule has 0 aromatic heterocycles. The number of fused-ring (bicyclic) bond motifs is 1. The molecule has 0 unspecified atom stereocenters. The van der Waals surface area contributed by atoms with Crippen LogP contribution in [-0.4, -0.2) is 51.4 Å². The van der Waals surface area contributed by atoms with Crippen molar-refractivity contribution in [2.75, 3.05) is 30.6 Å². The summed E-state index contributed by atoms with van der Waals surface area (Å²) in [5.74, 6) is 1.02. The van der Waals surface area contributed by atoms with Crippen LogP contribution in [-0.2, 0) is 15.6 Å². The van der Waals surface area contributed by atoms with E-state index >= 15 is 0 Å². The Morgan fingerprint density at radius 3 is 2.67 bits per heavy atom. The molecular weight excluding hydrogens is 451 g/mol. The van der Waals surface area contributed by atoms with Crippen molar-refractivity contribution >= 4 is 44.1 Å². The molecule has 2 atom stereocenters. The van der Waals surface area contributed by atoms with Crippen LogP contribution in [0.1, 0.15) is 5.56 Å². The topological polar surface area (TPSA) is 68.2 Å². The minimum atomic E-state index is -3.17. The van der Waals surface area contributed by atoms with Crippen molar-refractivity contribution < 1.29 is 22.3 Å². The molecule has 10 heteroatoms. The standard InChI is InChI=1S/C20H20ClFN2O4S2/c1-27-18-7-6-12(8-19(18)28-2)24-17-11-30(25,26)10-16(17)23-20(24)29-9-13-14(21)4-3-5-15(13)22/h3-8,16-17H,9-11H2,1-2H3/t16-,17-/m0/s1. The Morgan fingerprint density at radius 1 is 1.20 bits per heavy atom. The average Bonchev–Trinajstić information content (AvgIpc) is 3.18. The van der Waals surface area contributed by atoms with E-state index in [1.54, 1.807) is 38.5 Å². The predicted octanol–water partition coefficient (Wildman–Crippen LogP) is 3.77. The second-order valence-electron chi connectivity index (χ2n) is 7.02. The summed E-state index contributed by atoms with van der Waals surface area (Å²) < 4.78 is 49.3. The minimum absolute atomic E-state index is 0.00592. The molecule has 160 valence electrons. The van der Waals surface area contributed by atoms with Crippen molar-refractivity contribution in [1.82, 2.24) is 0 Å². The van der Waals surface area contributed by atoms with Crippen molar-refractivity contribution in [2.24, 2.45) is 4.99 Å². The number of halogens is 2. The van der Waals surface area contributed by atoms with Crippen LogP contribution in [0, 0.1) is 5.82 Å². The molecule has 0 saturated carbocycles. The van der Waals surface area contributed by atoms with Gasteiger partial charge in [0, 0.05) is 28.1 Å². The van der Waals surface area contributed by atoms with Crippen LogP contribution in [0.25, 0.3) is 0 Å². The lowest BCUT2D eigenvalue weighted by Gasteiger charge is -2.27. The molecule has 2 aromatic rings. The van der Waals surface area contributed by atoms with Crippen LogP contribution in [0.4, 0.5) is 10.1 Å². The van der Waals surface area contributed by atoms with Gasteiger partial charge in [-0.3, -0.25) is 4.99 Å². The number of rotatable bonds is 5. The Hall–Kier alpha value is -1.97. The highest BCUT2D eigenvalue weighted by molar-refractivity contribution is 8.13. The number of benzene rings is 2. The number of ether oxygens (including phenoxy) is 2. The van der Waals surface area contributed by atoms with Gasteiger partial charge in [0.05, 0.1) is 37.8 Å². The van der Waals surface area contributed by atoms with Gasteiger partial charge in [-0.05, 0) is 24.3 Å². The second kappa shape index (κ2) is 8.28. The zero-order valence-corrected chi connectivity index (χ0v) is 18.7. The Bertz CT molecular complexity index is 1090. The van der Waals surface area contributed by atoms with Crippen molar-refractivity contribution in [3.05, 3.63) is 52.8 Å². The van der Waals surface area contributed by atoms with Crippen LogP contribution >= 0.6 is 23.4 Å². The summed E-state index contributed by atoms with van der Waals surface area (Å²) in [6.07, 6.45) is 0. The Balaban J connectivity index is 1.68. The van der Waals surface area contributed by atoms with E-state index in [2.05, 4.69) is 4.99 Å². The first-order valence-electron chi connectivity index (χ1n) is 9.18. The SMILES string of the molecule is COc1ccc(N2C(SCc3c(F)cccc3Cl)=N[C@H]3CS(=O)(=O)C[C@@H]32)cc1OC. The molecule has 30 heavy (non-hydrogen) atoms. The first kappa shape index (κ1) is 21.3. The van der Waals surface area contributed by atoms with E-state index in [0.717, 1.165) is 5.69 Å². The summed E-state index contributed by atoms with van der Waals surface area (Å²) >= 11 is 7.49. The molecule has 2 aliphatic rings. The highest BCUT2D eigenvalue weighted by Gasteiger charge is 2.47. The third kappa shape index (κ3) is 3.98. The zero-order chi connectivity index (χ0) is 21.5. The van der Waals surface area contributed by atoms with Gasteiger partial charge in [-0.15, -0.1) is 0 Å². The van der Waals surface area contributed by atoms with Crippen LogP contribution in [0.2, 0.25) is 5.02 Å². The van der Waals surface area contributed by atoms with Gasteiger partial charge in [-0.1, -0.05) is 29.4 Å². The summed E-state index contributed by atoms with van der Waals surface area (Å²) in [6.45, 7) is 0. The van der Waals surface area contributed by atoms with E-state index in [4.69, 9.17) is 21.1 Å². The van der Waals surface area contributed by atoms with Crippen LogP contribution in [0.15, 0.2) is 41.4 Å². The minimum Gasteiger partial charge on any atom is -0.493 e. The molecule has 0 radical (unpaired) electrons. The second-order valence-corrected chi connectivity index (χ2v) is 10.5. The van der Waals surface area contributed by atoms with Gasteiger partial charge < -0.3 is 14.4 Å². The van der Waals surface area contributed by atoms with Crippen molar-refractivity contribution in [1.29, 1.82) is 0 Å². The quantitative estimate of drug-likeness (QED) is 0.662. The molecule has 0 spiro atoms. The fourth-order valence-electron chi connectivity index (χ4n) is 3.72. The molecule has 0 aliphatic carbocycles. The number of aliphatic imine (C=N–C) groups is 1. The number of amidine groups is 1. The first-order valence-corrected chi connectivity index (χ1v) is 12.4. The number of anilines is 1. The molecule has 0 bridgehead atoms. The Morgan fingerprint density at radius 2 is 1.97 bits per heavy atom. The Labute approximate surface area is 183 Å². The summed E-state index contributed by atoms with van der Waals surface area (Å²) in [6, 6.07) is 9.29. The van der Waals surface area contributed by atoms with Gasteiger partial charge in [0.2, 0.25) is 0 Å². The molecule has 4 rings (SSSR count). The van der Waals surface area contributed by atoms with E-state index in [0.29, 0.717) is 27.3 Å².